The van der Waals surface area contributed by atoms with Crippen molar-refractivity contribution >= 4 is 28.4 Å². The molecule has 0 unspecified atom stereocenters. The van der Waals surface area contributed by atoms with Gasteiger partial charge in [0.1, 0.15) is 0 Å². The lowest BCUT2D eigenvalue weighted by Gasteiger charge is -2.15. The Morgan fingerprint density at radius 1 is 1.00 bits per heavy atom. The third-order valence-corrected chi connectivity index (χ3v) is 5.14. The Morgan fingerprint density at radius 2 is 1.72 bits per heavy atom. The van der Waals surface area contributed by atoms with E-state index in [1.807, 2.05) is 60.7 Å². The summed E-state index contributed by atoms with van der Waals surface area (Å²) < 4.78 is 3.68. The lowest BCUT2D eigenvalue weighted by Crippen LogP contribution is -2.23. The number of benzene rings is 2. The Balaban J connectivity index is 2.25. The van der Waals surface area contributed by atoms with Crippen molar-refractivity contribution in [3.8, 4) is 5.69 Å². The molecule has 2 heterocycles. The van der Waals surface area contributed by atoms with Crippen LogP contribution in [0, 0.1) is 13.8 Å². The number of hydrogen-bond acceptors (Lipinski definition) is 4. The van der Waals surface area contributed by atoms with Crippen molar-refractivity contribution in [2.45, 2.75) is 25.9 Å². The zero-order valence-corrected chi connectivity index (χ0v) is 15.2. The van der Waals surface area contributed by atoms with Crippen LogP contribution in [0.2, 0.25) is 0 Å². The second-order valence-corrected chi connectivity index (χ2v) is 7.18. The zero-order chi connectivity index (χ0) is 17.6. The molecule has 0 bridgehead atoms. The third kappa shape index (κ3) is 2.36. The van der Waals surface area contributed by atoms with Gasteiger partial charge < -0.3 is 0 Å². The minimum atomic E-state index is -0.0686. The van der Waals surface area contributed by atoms with Crippen molar-refractivity contribution in [2.24, 2.45) is 0 Å². The summed E-state index contributed by atoms with van der Waals surface area (Å²) in [5, 5.41) is 10.2. The van der Waals surface area contributed by atoms with E-state index < -0.39 is 0 Å². The molecular weight excluding hydrogens is 332 g/mol. The largest absolute Gasteiger partial charge is 0.268 e. The lowest BCUT2D eigenvalue weighted by molar-refractivity contribution is 0.926. The van der Waals surface area contributed by atoms with Crippen LogP contribution in [0.3, 0.4) is 0 Å². The molecule has 0 radical (unpaired) electrons. The molecule has 0 fully saturated rings. The summed E-state index contributed by atoms with van der Waals surface area (Å²) in [6.45, 7) is 6.10. The molecule has 0 aliphatic carbocycles. The first-order valence-electron chi connectivity index (χ1n) is 8.21. The maximum atomic E-state index is 13.3. The van der Waals surface area contributed by atoms with E-state index in [1.165, 1.54) is 0 Å². The molecule has 0 aliphatic rings. The molecular formula is C19H18N4OS. The second-order valence-electron chi connectivity index (χ2n) is 5.95. The summed E-state index contributed by atoms with van der Waals surface area (Å²) in [7, 11) is 0. The van der Waals surface area contributed by atoms with E-state index in [1.54, 1.807) is 16.3 Å². The first-order chi connectivity index (χ1) is 12.1. The number of para-hydroxylation sites is 2. The van der Waals surface area contributed by atoms with Crippen molar-refractivity contribution < 1.29 is 0 Å². The van der Waals surface area contributed by atoms with Gasteiger partial charge in [-0.2, -0.15) is 0 Å². The number of aryl methyl sites for hydroxylation is 2. The van der Waals surface area contributed by atoms with E-state index in [-0.39, 0.29) is 5.56 Å². The molecule has 2 aromatic carbocycles. The first kappa shape index (κ1) is 15.9. The van der Waals surface area contributed by atoms with Gasteiger partial charge in [-0.3, -0.25) is 9.20 Å². The summed E-state index contributed by atoms with van der Waals surface area (Å²) in [5.74, 6) is 1.44. The maximum Gasteiger partial charge on any atom is 0.267 e. The number of fused-ring (bicyclic) bond motifs is 3. The average Bonchev–Trinajstić information content (AvgIpc) is 3.01. The molecule has 4 rings (SSSR count). The van der Waals surface area contributed by atoms with Crippen LogP contribution in [-0.4, -0.2) is 24.9 Å². The number of hydrogen-bond donors (Lipinski definition) is 0. The highest BCUT2D eigenvalue weighted by molar-refractivity contribution is 7.99. The van der Waals surface area contributed by atoms with Gasteiger partial charge in [0, 0.05) is 0 Å². The summed E-state index contributed by atoms with van der Waals surface area (Å²) >= 11 is 1.62. The normalized spacial score (nSPS) is 11.5. The van der Waals surface area contributed by atoms with E-state index in [9.17, 15) is 4.79 Å². The van der Waals surface area contributed by atoms with Gasteiger partial charge in [0.2, 0.25) is 5.78 Å². The molecule has 5 nitrogen and oxygen atoms in total. The Labute approximate surface area is 149 Å². The number of rotatable bonds is 3. The Bertz CT molecular complexity index is 1140. The molecule has 0 spiro atoms. The van der Waals surface area contributed by atoms with E-state index in [0.717, 1.165) is 33.2 Å². The smallest absolute Gasteiger partial charge is 0.267 e. The molecule has 0 atom stereocenters. The monoisotopic (exact) mass is 350 g/mol. The third-order valence-electron chi connectivity index (χ3n) is 4.33. The minimum absolute atomic E-state index is 0.0686. The zero-order valence-electron chi connectivity index (χ0n) is 14.4. The molecule has 126 valence electrons. The summed E-state index contributed by atoms with van der Waals surface area (Å²) in [4.78, 5) is 13.3. The van der Waals surface area contributed by atoms with Gasteiger partial charge in [-0.25, -0.2) is 4.57 Å². The molecule has 2 aromatic heterocycles. The number of thioether (sulfide) groups is 1. The van der Waals surface area contributed by atoms with Crippen LogP contribution < -0.4 is 5.56 Å². The SMILES string of the molecule is CCSc1nnc2n(-c3c(C)cccc3C)c(=O)c3ccccc3n12. The fraction of sp³-hybridized carbons (Fsp3) is 0.211. The lowest BCUT2D eigenvalue weighted by atomic mass is 10.1. The highest BCUT2D eigenvalue weighted by atomic mass is 32.2. The highest BCUT2D eigenvalue weighted by Crippen LogP contribution is 2.25. The van der Waals surface area contributed by atoms with E-state index in [2.05, 4.69) is 17.1 Å². The molecule has 25 heavy (non-hydrogen) atoms. The van der Waals surface area contributed by atoms with Gasteiger partial charge >= 0.3 is 0 Å². The predicted octanol–water partition coefficient (Wildman–Crippen LogP) is 3.76. The minimum Gasteiger partial charge on any atom is -0.268 e. The van der Waals surface area contributed by atoms with Crippen molar-refractivity contribution in [1.29, 1.82) is 0 Å². The standard InChI is InChI=1S/C19H18N4OS/c1-4-25-19-21-20-18-22(19)15-11-6-5-10-14(15)17(24)23(18)16-12(2)8-7-9-13(16)3/h5-11H,4H2,1-3H3. The Kier molecular flexibility index (Phi) is 3.84. The van der Waals surface area contributed by atoms with Gasteiger partial charge in [-0.1, -0.05) is 49.0 Å². The van der Waals surface area contributed by atoms with Crippen LogP contribution in [0.1, 0.15) is 18.1 Å². The van der Waals surface area contributed by atoms with Gasteiger partial charge in [0.15, 0.2) is 5.16 Å². The van der Waals surface area contributed by atoms with Crippen molar-refractivity contribution in [3.05, 3.63) is 63.9 Å². The van der Waals surface area contributed by atoms with Crippen LogP contribution in [0.4, 0.5) is 0 Å². The molecule has 0 amide bonds. The highest BCUT2D eigenvalue weighted by Gasteiger charge is 2.19. The quantitative estimate of drug-likeness (QED) is 0.528. The Morgan fingerprint density at radius 3 is 2.44 bits per heavy atom. The van der Waals surface area contributed by atoms with Crippen LogP contribution >= 0.6 is 11.8 Å². The van der Waals surface area contributed by atoms with E-state index >= 15 is 0 Å². The fourth-order valence-electron chi connectivity index (χ4n) is 3.26. The molecule has 6 heteroatoms. The molecule has 0 N–H and O–H groups in total. The first-order valence-corrected chi connectivity index (χ1v) is 9.20. The van der Waals surface area contributed by atoms with Crippen molar-refractivity contribution in [2.75, 3.05) is 5.75 Å². The average molecular weight is 350 g/mol. The van der Waals surface area contributed by atoms with Gasteiger partial charge in [-0.05, 0) is 42.9 Å². The molecule has 0 aliphatic heterocycles. The van der Waals surface area contributed by atoms with Crippen molar-refractivity contribution in [3.63, 3.8) is 0 Å². The number of aromatic nitrogens is 4. The predicted molar refractivity (Wildman–Crippen MR) is 102 cm³/mol. The van der Waals surface area contributed by atoms with Crippen LogP contribution in [0.5, 0.6) is 0 Å². The maximum absolute atomic E-state index is 13.3. The van der Waals surface area contributed by atoms with Crippen molar-refractivity contribution in [1.82, 2.24) is 19.2 Å². The van der Waals surface area contributed by atoms with Crippen LogP contribution in [0.25, 0.3) is 22.4 Å². The Hall–Kier alpha value is -2.60. The topological polar surface area (TPSA) is 52.2 Å². The summed E-state index contributed by atoms with van der Waals surface area (Å²) in [5.41, 5.74) is 3.72. The van der Waals surface area contributed by atoms with Gasteiger partial charge in [0.05, 0.1) is 16.6 Å². The number of nitrogens with zero attached hydrogens (tertiary/aromatic N) is 4. The van der Waals surface area contributed by atoms with Crippen LogP contribution in [-0.2, 0) is 0 Å². The van der Waals surface area contributed by atoms with Gasteiger partial charge in [-0.15, -0.1) is 10.2 Å². The van der Waals surface area contributed by atoms with E-state index in [0.29, 0.717) is 11.2 Å². The van der Waals surface area contributed by atoms with Crippen LogP contribution in [0.15, 0.2) is 52.4 Å². The fourth-order valence-corrected chi connectivity index (χ4v) is 3.93. The molecule has 0 saturated carbocycles. The van der Waals surface area contributed by atoms with E-state index in [4.69, 9.17) is 0 Å². The summed E-state index contributed by atoms with van der Waals surface area (Å²) in [6, 6.07) is 13.7. The summed E-state index contributed by atoms with van der Waals surface area (Å²) in [6.07, 6.45) is 0. The molecule has 4 aromatic rings. The second kappa shape index (κ2) is 6.04. The molecule has 0 saturated heterocycles. The van der Waals surface area contributed by atoms with Gasteiger partial charge in [0.25, 0.3) is 5.56 Å².